The number of hydrogen-bond acceptors (Lipinski definition) is 4. The number of nitrogens with one attached hydrogen (secondary N) is 1. The molecule has 0 aliphatic rings. The van der Waals surface area contributed by atoms with E-state index < -0.39 is 0 Å². The molecule has 0 saturated heterocycles. The van der Waals surface area contributed by atoms with Crippen molar-refractivity contribution in [3.63, 3.8) is 0 Å². The molecule has 0 saturated carbocycles. The molecule has 2 aromatic carbocycles. The molecule has 4 nitrogen and oxygen atoms in total. The molecule has 1 unspecified atom stereocenters. The van der Waals surface area contributed by atoms with Gasteiger partial charge in [-0.1, -0.05) is 42.5 Å². The average molecular weight is 279 g/mol. The van der Waals surface area contributed by atoms with Crippen molar-refractivity contribution in [2.24, 2.45) is 0 Å². The van der Waals surface area contributed by atoms with Gasteiger partial charge in [0.1, 0.15) is 5.82 Å². The Hall–Kier alpha value is -2.46. The molecule has 0 aliphatic heterocycles. The van der Waals surface area contributed by atoms with Crippen LogP contribution in [0.1, 0.15) is 5.56 Å². The first-order valence-electron chi connectivity index (χ1n) is 6.98. The van der Waals surface area contributed by atoms with Gasteiger partial charge >= 0.3 is 0 Å². The van der Waals surface area contributed by atoms with Gasteiger partial charge in [0.2, 0.25) is 0 Å². The molecule has 0 amide bonds. The molecule has 0 aliphatic carbocycles. The van der Waals surface area contributed by atoms with E-state index in [2.05, 4.69) is 27.4 Å². The Bertz CT molecular complexity index is 715. The number of hydrogen-bond donors (Lipinski definition) is 2. The molecular formula is C17H17N3O. The second-order valence-corrected chi connectivity index (χ2v) is 4.96. The molecule has 1 heterocycles. The van der Waals surface area contributed by atoms with Gasteiger partial charge in [-0.2, -0.15) is 0 Å². The van der Waals surface area contributed by atoms with Crippen molar-refractivity contribution in [1.29, 1.82) is 0 Å². The van der Waals surface area contributed by atoms with Gasteiger partial charge in [0.25, 0.3) is 0 Å². The minimum Gasteiger partial charge on any atom is -0.394 e. The summed E-state index contributed by atoms with van der Waals surface area (Å²) in [5, 5.41) is 12.8. The predicted octanol–water partition coefficient (Wildman–Crippen LogP) is 2.65. The van der Waals surface area contributed by atoms with Crippen molar-refractivity contribution in [2.45, 2.75) is 12.5 Å². The van der Waals surface area contributed by atoms with Gasteiger partial charge < -0.3 is 10.4 Å². The minimum atomic E-state index is -0.0807. The van der Waals surface area contributed by atoms with E-state index in [1.807, 2.05) is 42.5 Å². The lowest BCUT2D eigenvalue weighted by Gasteiger charge is -2.17. The van der Waals surface area contributed by atoms with Crippen LogP contribution in [-0.4, -0.2) is 27.7 Å². The second-order valence-electron chi connectivity index (χ2n) is 4.96. The summed E-state index contributed by atoms with van der Waals surface area (Å²) in [6.07, 6.45) is 2.45. The zero-order valence-electron chi connectivity index (χ0n) is 11.6. The lowest BCUT2D eigenvalue weighted by atomic mass is 10.1. The van der Waals surface area contributed by atoms with Crippen molar-refractivity contribution in [1.82, 2.24) is 9.97 Å². The lowest BCUT2D eigenvalue weighted by Crippen LogP contribution is -2.26. The summed E-state index contributed by atoms with van der Waals surface area (Å²) in [7, 11) is 0. The highest BCUT2D eigenvalue weighted by Crippen LogP contribution is 2.13. The summed E-state index contributed by atoms with van der Waals surface area (Å²) in [5.41, 5.74) is 2.89. The van der Waals surface area contributed by atoms with Crippen molar-refractivity contribution < 1.29 is 5.11 Å². The highest BCUT2D eigenvalue weighted by molar-refractivity contribution is 5.75. The molecule has 3 aromatic rings. The van der Waals surface area contributed by atoms with Crippen LogP contribution in [0.4, 0.5) is 5.82 Å². The molecule has 21 heavy (non-hydrogen) atoms. The van der Waals surface area contributed by atoms with E-state index in [0.717, 1.165) is 17.5 Å². The maximum Gasteiger partial charge on any atom is 0.145 e. The summed E-state index contributed by atoms with van der Waals surface area (Å²) >= 11 is 0. The number of para-hydroxylation sites is 2. The zero-order valence-corrected chi connectivity index (χ0v) is 11.6. The van der Waals surface area contributed by atoms with E-state index in [0.29, 0.717) is 5.82 Å². The first-order valence-corrected chi connectivity index (χ1v) is 6.98. The summed E-state index contributed by atoms with van der Waals surface area (Å²) in [4.78, 5) is 8.89. The largest absolute Gasteiger partial charge is 0.394 e. The molecule has 3 rings (SSSR count). The van der Waals surface area contributed by atoms with Gasteiger partial charge in [0.15, 0.2) is 0 Å². The van der Waals surface area contributed by atoms with Gasteiger partial charge in [-0.05, 0) is 24.1 Å². The van der Waals surface area contributed by atoms with Gasteiger partial charge in [0, 0.05) is 0 Å². The number of aliphatic hydroxyl groups excluding tert-OH is 1. The van der Waals surface area contributed by atoms with E-state index in [1.54, 1.807) is 6.20 Å². The number of nitrogens with zero attached hydrogens (tertiary/aromatic N) is 2. The second kappa shape index (κ2) is 6.33. The number of aromatic nitrogens is 2. The quantitative estimate of drug-likeness (QED) is 0.754. The Morgan fingerprint density at radius 1 is 0.952 bits per heavy atom. The number of rotatable bonds is 5. The average Bonchev–Trinajstić information content (AvgIpc) is 2.55. The third-order valence-corrected chi connectivity index (χ3v) is 3.35. The normalized spacial score (nSPS) is 12.2. The van der Waals surface area contributed by atoms with E-state index in [1.165, 1.54) is 5.56 Å². The SMILES string of the molecule is OCC(Cc1ccccc1)Nc1cnc2ccccc2n1. The smallest absolute Gasteiger partial charge is 0.145 e. The Kier molecular flexibility index (Phi) is 4.07. The predicted molar refractivity (Wildman–Crippen MR) is 84.2 cm³/mol. The van der Waals surface area contributed by atoms with Crippen molar-refractivity contribution in [3.8, 4) is 0 Å². The maximum atomic E-state index is 9.55. The zero-order chi connectivity index (χ0) is 14.5. The fourth-order valence-corrected chi connectivity index (χ4v) is 2.30. The van der Waals surface area contributed by atoms with Gasteiger partial charge in [-0.15, -0.1) is 0 Å². The minimum absolute atomic E-state index is 0.0450. The Morgan fingerprint density at radius 2 is 1.67 bits per heavy atom. The molecule has 0 spiro atoms. The van der Waals surface area contributed by atoms with Gasteiger partial charge in [-0.3, -0.25) is 4.98 Å². The molecule has 2 N–H and O–H groups in total. The van der Waals surface area contributed by atoms with Crippen molar-refractivity contribution in [2.75, 3.05) is 11.9 Å². The molecule has 1 atom stereocenters. The third-order valence-electron chi connectivity index (χ3n) is 3.35. The van der Waals surface area contributed by atoms with Crippen LogP contribution in [-0.2, 0) is 6.42 Å². The van der Waals surface area contributed by atoms with Crippen LogP contribution in [0.25, 0.3) is 11.0 Å². The molecule has 0 fully saturated rings. The van der Waals surface area contributed by atoms with E-state index in [-0.39, 0.29) is 12.6 Å². The first kappa shape index (κ1) is 13.5. The fourth-order valence-electron chi connectivity index (χ4n) is 2.30. The summed E-state index contributed by atoms with van der Waals surface area (Å²) < 4.78 is 0. The van der Waals surface area contributed by atoms with Crippen LogP contribution < -0.4 is 5.32 Å². The number of anilines is 1. The van der Waals surface area contributed by atoms with Crippen LogP contribution in [0.15, 0.2) is 60.8 Å². The Morgan fingerprint density at radius 3 is 2.43 bits per heavy atom. The summed E-state index contributed by atoms with van der Waals surface area (Å²) in [6.45, 7) is 0.0450. The van der Waals surface area contributed by atoms with Crippen LogP contribution in [0, 0.1) is 0 Å². The first-order chi connectivity index (χ1) is 10.3. The fraction of sp³-hybridized carbons (Fsp3) is 0.176. The van der Waals surface area contributed by atoms with Gasteiger partial charge in [-0.25, -0.2) is 4.98 Å². The molecular weight excluding hydrogens is 262 g/mol. The molecule has 4 heteroatoms. The number of fused-ring (bicyclic) bond motifs is 1. The van der Waals surface area contributed by atoms with Crippen LogP contribution in [0.3, 0.4) is 0 Å². The summed E-state index contributed by atoms with van der Waals surface area (Å²) in [5.74, 6) is 0.684. The Labute approximate surface area is 123 Å². The highest BCUT2D eigenvalue weighted by atomic mass is 16.3. The molecule has 0 radical (unpaired) electrons. The van der Waals surface area contributed by atoms with Crippen LogP contribution in [0.2, 0.25) is 0 Å². The van der Waals surface area contributed by atoms with E-state index >= 15 is 0 Å². The van der Waals surface area contributed by atoms with Crippen molar-refractivity contribution >= 4 is 16.9 Å². The van der Waals surface area contributed by atoms with Crippen LogP contribution >= 0.6 is 0 Å². The van der Waals surface area contributed by atoms with E-state index in [9.17, 15) is 5.11 Å². The number of benzene rings is 2. The highest BCUT2D eigenvalue weighted by Gasteiger charge is 2.09. The molecule has 0 bridgehead atoms. The number of aliphatic hydroxyl groups is 1. The topological polar surface area (TPSA) is 58.0 Å². The molecule has 106 valence electrons. The Balaban J connectivity index is 1.76. The van der Waals surface area contributed by atoms with Crippen LogP contribution in [0.5, 0.6) is 0 Å². The molecule has 1 aromatic heterocycles. The van der Waals surface area contributed by atoms with E-state index in [4.69, 9.17) is 0 Å². The monoisotopic (exact) mass is 279 g/mol. The summed E-state index contributed by atoms with van der Waals surface area (Å²) in [6, 6.07) is 17.7. The van der Waals surface area contributed by atoms with Crippen molar-refractivity contribution in [3.05, 3.63) is 66.4 Å². The standard InChI is InChI=1S/C17H17N3O/c21-12-14(10-13-6-2-1-3-7-13)19-17-11-18-15-8-4-5-9-16(15)20-17/h1-9,11,14,21H,10,12H2,(H,19,20). The lowest BCUT2D eigenvalue weighted by molar-refractivity contribution is 0.273. The third kappa shape index (κ3) is 3.35. The maximum absolute atomic E-state index is 9.55. The van der Waals surface area contributed by atoms with Gasteiger partial charge in [0.05, 0.1) is 29.9 Å².